The minimum Gasteiger partial charge on any atom is -0.497 e. The Balaban J connectivity index is 1.67. The molecule has 2 heterocycles. The van der Waals surface area contributed by atoms with Gasteiger partial charge in [-0.3, -0.25) is 4.79 Å². The number of aromatic nitrogens is 1. The summed E-state index contributed by atoms with van der Waals surface area (Å²) < 4.78 is 7.34. The molecule has 4 nitrogen and oxygen atoms in total. The first-order valence-corrected chi connectivity index (χ1v) is 8.16. The third-order valence-electron chi connectivity index (χ3n) is 4.82. The molecule has 0 unspecified atom stereocenters. The first kappa shape index (κ1) is 14.8. The van der Waals surface area contributed by atoms with Crippen LogP contribution in [0.4, 0.5) is 0 Å². The summed E-state index contributed by atoms with van der Waals surface area (Å²) in [5, 5.41) is 1.31. The molecule has 0 fully saturated rings. The van der Waals surface area contributed by atoms with Gasteiger partial charge in [-0.1, -0.05) is 12.1 Å². The van der Waals surface area contributed by atoms with Crippen molar-refractivity contribution in [1.82, 2.24) is 9.47 Å². The predicted octanol–water partition coefficient (Wildman–Crippen LogP) is 3.39. The number of amides is 1. The zero-order valence-electron chi connectivity index (χ0n) is 14.0. The highest BCUT2D eigenvalue weighted by atomic mass is 16.5. The molecule has 0 aliphatic carbocycles. The Morgan fingerprint density at radius 2 is 1.88 bits per heavy atom. The maximum Gasteiger partial charge on any atom is 0.254 e. The van der Waals surface area contributed by atoms with Gasteiger partial charge in [-0.2, -0.15) is 0 Å². The van der Waals surface area contributed by atoms with Gasteiger partial charge in [-0.05, 0) is 47.9 Å². The molecule has 1 aliphatic heterocycles. The molecule has 0 bridgehead atoms. The number of methoxy groups -OCH3 is 1. The normalized spacial score (nSPS) is 13.8. The van der Waals surface area contributed by atoms with Gasteiger partial charge < -0.3 is 14.2 Å². The summed E-state index contributed by atoms with van der Waals surface area (Å²) in [5.74, 6) is 0.837. The third kappa shape index (κ3) is 2.35. The van der Waals surface area contributed by atoms with E-state index in [-0.39, 0.29) is 5.91 Å². The summed E-state index contributed by atoms with van der Waals surface area (Å²) in [6.45, 7) is 1.39. The van der Waals surface area contributed by atoms with Gasteiger partial charge in [0.05, 0.1) is 7.11 Å². The number of carbonyl (C=O) groups is 1. The summed E-state index contributed by atoms with van der Waals surface area (Å²) in [5.41, 5.74) is 4.49. The molecule has 0 saturated carbocycles. The molecule has 4 rings (SSSR count). The zero-order chi connectivity index (χ0) is 16.7. The van der Waals surface area contributed by atoms with Crippen LogP contribution in [0.2, 0.25) is 0 Å². The van der Waals surface area contributed by atoms with Crippen LogP contribution >= 0.6 is 0 Å². The van der Waals surface area contributed by atoms with Crippen LogP contribution in [-0.4, -0.2) is 29.0 Å². The van der Waals surface area contributed by atoms with E-state index in [0.29, 0.717) is 12.1 Å². The lowest BCUT2D eigenvalue weighted by molar-refractivity contribution is 0.0748. The van der Waals surface area contributed by atoms with E-state index in [9.17, 15) is 4.79 Å². The lowest BCUT2D eigenvalue weighted by atomic mass is 10.1. The average molecular weight is 320 g/mol. The number of hydrogen-bond acceptors (Lipinski definition) is 2. The lowest BCUT2D eigenvalue weighted by Crippen LogP contribution is -2.31. The highest BCUT2D eigenvalue weighted by molar-refractivity contribution is 5.95. The quantitative estimate of drug-likeness (QED) is 0.725. The molecular weight excluding hydrogens is 300 g/mol. The van der Waals surface area contributed by atoms with E-state index in [2.05, 4.69) is 36.0 Å². The number of hydrogen-bond donors (Lipinski definition) is 0. The van der Waals surface area contributed by atoms with Crippen molar-refractivity contribution in [3.05, 3.63) is 65.4 Å². The predicted molar refractivity (Wildman–Crippen MR) is 94.4 cm³/mol. The molecule has 3 aromatic rings. The van der Waals surface area contributed by atoms with Crippen LogP contribution in [0.5, 0.6) is 5.75 Å². The smallest absolute Gasteiger partial charge is 0.254 e. The minimum atomic E-state index is 0.0733. The summed E-state index contributed by atoms with van der Waals surface area (Å²) in [6, 6.07) is 13.7. The van der Waals surface area contributed by atoms with Crippen LogP contribution in [0.1, 0.15) is 21.5 Å². The zero-order valence-corrected chi connectivity index (χ0v) is 14.0. The second kappa shape index (κ2) is 5.71. The molecule has 0 atom stereocenters. The Bertz CT molecular complexity index is 909. The molecule has 0 saturated heterocycles. The first-order chi connectivity index (χ1) is 11.7. The summed E-state index contributed by atoms with van der Waals surface area (Å²) in [7, 11) is 3.71. The maximum absolute atomic E-state index is 12.9. The van der Waals surface area contributed by atoms with Crippen molar-refractivity contribution < 1.29 is 9.53 Å². The number of nitrogens with zero attached hydrogens (tertiary/aromatic N) is 2. The number of rotatable bonds is 2. The summed E-state index contributed by atoms with van der Waals surface area (Å²) in [6.07, 6.45) is 3.08. The molecule has 2 aromatic carbocycles. The largest absolute Gasteiger partial charge is 0.497 e. The fourth-order valence-corrected chi connectivity index (χ4v) is 3.57. The Morgan fingerprint density at radius 3 is 2.62 bits per heavy atom. The molecule has 0 spiro atoms. The van der Waals surface area contributed by atoms with E-state index >= 15 is 0 Å². The molecule has 122 valence electrons. The van der Waals surface area contributed by atoms with Crippen molar-refractivity contribution in [2.75, 3.05) is 13.7 Å². The molecular formula is C20H20N2O2. The van der Waals surface area contributed by atoms with Crippen molar-refractivity contribution in [3.63, 3.8) is 0 Å². The topological polar surface area (TPSA) is 34.5 Å². The second-order valence-electron chi connectivity index (χ2n) is 6.28. The lowest BCUT2D eigenvalue weighted by Gasteiger charge is -2.21. The van der Waals surface area contributed by atoms with E-state index in [1.54, 1.807) is 7.11 Å². The van der Waals surface area contributed by atoms with Crippen LogP contribution in [0.3, 0.4) is 0 Å². The van der Waals surface area contributed by atoms with Crippen molar-refractivity contribution in [2.24, 2.45) is 7.05 Å². The number of benzene rings is 2. The summed E-state index contributed by atoms with van der Waals surface area (Å²) >= 11 is 0. The molecule has 24 heavy (non-hydrogen) atoms. The van der Waals surface area contributed by atoms with Crippen LogP contribution in [0.25, 0.3) is 10.9 Å². The van der Waals surface area contributed by atoms with Gasteiger partial charge >= 0.3 is 0 Å². The SMILES string of the molecule is COc1ccc(C(=O)N2CCc3cn(C)c4cccc(c34)C2)cc1. The van der Waals surface area contributed by atoms with Gasteiger partial charge in [0.25, 0.3) is 5.91 Å². The van der Waals surface area contributed by atoms with Gasteiger partial charge in [0, 0.05) is 42.8 Å². The van der Waals surface area contributed by atoms with E-state index < -0.39 is 0 Å². The minimum absolute atomic E-state index is 0.0733. The van der Waals surface area contributed by atoms with Gasteiger partial charge in [0.2, 0.25) is 0 Å². The van der Waals surface area contributed by atoms with Gasteiger partial charge in [-0.25, -0.2) is 0 Å². The van der Waals surface area contributed by atoms with E-state index in [4.69, 9.17) is 4.74 Å². The standard InChI is InChI=1S/C20H20N2O2/c1-21-12-16-10-11-22(13-15-4-3-5-18(21)19(15)16)20(23)14-6-8-17(24-2)9-7-14/h3-9,12H,10-11,13H2,1-2H3. The van der Waals surface area contributed by atoms with Crippen molar-refractivity contribution in [1.29, 1.82) is 0 Å². The Morgan fingerprint density at radius 1 is 1.08 bits per heavy atom. The van der Waals surface area contributed by atoms with E-state index in [1.165, 1.54) is 22.0 Å². The molecule has 1 aliphatic rings. The fraction of sp³-hybridized carbons (Fsp3) is 0.250. The van der Waals surface area contributed by atoms with Crippen LogP contribution in [-0.2, 0) is 20.0 Å². The number of carbonyl (C=O) groups excluding carboxylic acids is 1. The van der Waals surface area contributed by atoms with Gasteiger partial charge in [0.15, 0.2) is 0 Å². The highest BCUT2D eigenvalue weighted by Gasteiger charge is 2.22. The highest BCUT2D eigenvalue weighted by Crippen LogP contribution is 2.29. The Kier molecular flexibility index (Phi) is 3.53. The molecule has 1 aromatic heterocycles. The Labute approximate surface area is 141 Å². The molecule has 1 amide bonds. The van der Waals surface area contributed by atoms with Crippen LogP contribution in [0, 0.1) is 0 Å². The van der Waals surface area contributed by atoms with E-state index in [0.717, 1.165) is 18.7 Å². The molecule has 4 heteroatoms. The average Bonchev–Trinajstić information content (AvgIpc) is 2.83. The van der Waals surface area contributed by atoms with Crippen LogP contribution < -0.4 is 4.74 Å². The Hall–Kier alpha value is -2.75. The van der Waals surface area contributed by atoms with E-state index in [1.807, 2.05) is 29.2 Å². The van der Waals surface area contributed by atoms with Gasteiger partial charge in [0.1, 0.15) is 5.75 Å². The van der Waals surface area contributed by atoms with Crippen molar-refractivity contribution >= 4 is 16.8 Å². The third-order valence-corrected chi connectivity index (χ3v) is 4.82. The maximum atomic E-state index is 12.9. The number of aryl methyl sites for hydroxylation is 1. The van der Waals surface area contributed by atoms with Crippen molar-refractivity contribution in [3.8, 4) is 5.75 Å². The molecule has 0 radical (unpaired) electrons. The second-order valence-corrected chi connectivity index (χ2v) is 6.28. The first-order valence-electron chi connectivity index (χ1n) is 8.16. The number of ether oxygens (including phenoxy) is 1. The molecule has 0 N–H and O–H groups in total. The van der Waals surface area contributed by atoms with Gasteiger partial charge in [-0.15, -0.1) is 0 Å². The fourth-order valence-electron chi connectivity index (χ4n) is 3.57. The van der Waals surface area contributed by atoms with Crippen LogP contribution in [0.15, 0.2) is 48.7 Å². The van der Waals surface area contributed by atoms with Crippen molar-refractivity contribution in [2.45, 2.75) is 13.0 Å². The summed E-state index contributed by atoms with van der Waals surface area (Å²) in [4.78, 5) is 14.8. The monoisotopic (exact) mass is 320 g/mol.